The van der Waals surface area contributed by atoms with Gasteiger partial charge in [-0.15, -0.1) is 0 Å². The van der Waals surface area contributed by atoms with E-state index in [1.54, 1.807) is 33.3 Å². The molecule has 6 nitrogen and oxygen atoms in total. The highest BCUT2D eigenvalue weighted by Gasteiger charge is 2.12. The van der Waals surface area contributed by atoms with Crippen molar-refractivity contribution < 1.29 is 18.7 Å². The number of nitrogens with one attached hydrogen (secondary N) is 1. The summed E-state index contributed by atoms with van der Waals surface area (Å²) in [5, 5.41) is 2.73. The summed E-state index contributed by atoms with van der Waals surface area (Å²) in [4.78, 5) is 15.7. The van der Waals surface area contributed by atoms with Crippen LogP contribution in [0.15, 0.2) is 28.8 Å². The summed E-state index contributed by atoms with van der Waals surface area (Å²) in [5.41, 5.74) is 0.888. The standard InChI is InChI=1S/C14H16N2O4/c1-9-7-16-14(20-9)13(17)15-8-10-4-5-11(18-2)12(6-10)19-3/h4-7H,8H2,1-3H3,(H,15,17). The van der Waals surface area contributed by atoms with E-state index < -0.39 is 0 Å². The molecule has 0 aliphatic heterocycles. The minimum atomic E-state index is -0.354. The SMILES string of the molecule is COc1ccc(CNC(=O)c2ncc(C)o2)cc1OC. The molecular weight excluding hydrogens is 260 g/mol. The first-order valence-electron chi connectivity index (χ1n) is 6.05. The molecule has 6 heteroatoms. The molecule has 1 aromatic carbocycles. The molecule has 1 aromatic heterocycles. The number of carbonyl (C=O) groups is 1. The number of aryl methyl sites for hydroxylation is 1. The van der Waals surface area contributed by atoms with Gasteiger partial charge in [0.1, 0.15) is 5.76 Å². The van der Waals surface area contributed by atoms with Crippen molar-refractivity contribution in [2.45, 2.75) is 13.5 Å². The Hall–Kier alpha value is -2.50. The van der Waals surface area contributed by atoms with E-state index >= 15 is 0 Å². The van der Waals surface area contributed by atoms with Crippen LogP contribution in [0.25, 0.3) is 0 Å². The van der Waals surface area contributed by atoms with Crippen molar-refractivity contribution in [3.8, 4) is 11.5 Å². The smallest absolute Gasteiger partial charge is 0.307 e. The van der Waals surface area contributed by atoms with Gasteiger partial charge < -0.3 is 19.2 Å². The predicted molar refractivity (Wildman–Crippen MR) is 72.0 cm³/mol. The Kier molecular flexibility index (Phi) is 4.24. The van der Waals surface area contributed by atoms with Gasteiger partial charge in [-0.3, -0.25) is 4.79 Å². The summed E-state index contributed by atoms with van der Waals surface area (Å²) in [7, 11) is 3.14. The molecular formula is C14H16N2O4. The molecule has 20 heavy (non-hydrogen) atoms. The summed E-state index contributed by atoms with van der Waals surface area (Å²) >= 11 is 0. The predicted octanol–water partition coefficient (Wildman–Crippen LogP) is 1.93. The number of aromatic nitrogens is 1. The highest BCUT2D eigenvalue weighted by molar-refractivity contribution is 5.89. The summed E-state index contributed by atoms with van der Waals surface area (Å²) in [6.07, 6.45) is 1.51. The fourth-order valence-corrected chi connectivity index (χ4v) is 1.71. The molecule has 0 unspecified atom stereocenters. The number of hydrogen-bond donors (Lipinski definition) is 1. The number of nitrogens with zero attached hydrogens (tertiary/aromatic N) is 1. The maximum Gasteiger partial charge on any atom is 0.307 e. The molecule has 0 bridgehead atoms. The van der Waals surface area contributed by atoms with Crippen LogP contribution in [0.4, 0.5) is 0 Å². The van der Waals surface area contributed by atoms with Crippen molar-refractivity contribution >= 4 is 5.91 Å². The Balaban J connectivity index is 2.02. The molecule has 0 radical (unpaired) electrons. The van der Waals surface area contributed by atoms with Crippen LogP contribution in [0.3, 0.4) is 0 Å². The van der Waals surface area contributed by atoms with Crippen LogP contribution in [-0.4, -0.2) is 25.1 Å². The molecule has 1 amide bonds. The quantitative estimate of drug-likeness (QED) is 0.903. The highest BCUT2D eigenvalue weighted by atomic mass is 16.5. The van der Waals surface area contributed by atoms with Crippen molar-refractivity contribution in [2.24, 2.45) is 0 Å². The van der Waals surface area contributed by atoms with Crippen LogP contribution in [0, 0.1) is 6.92 Å². The second-order valence-corrected chi connectivity index (χ2v) is 4.15. The first-order chi connectivity index (χ1) is 9.63. The first kappa shape index (κ1) is 13.9. The topological polar surface area (TPSA) is 73.6 Å². The van der Waals surface area contributed by atoms with Crippen molar-refractivity contribution in [1.29, 1.82) is 0 Å². The van der Waals surface area contributed by atoms with Gasteiger partial charge in [-0.1, -0.05) is 6.07 Å². The van der Waals surface area contributed by atoms with E-state index in [4.69, 9.17) is 13.9 Å². The van der Waals surface area contributed by atoms with Crippen LogP contribution >= 0.6 is 0 Å². The van der Waals surface area contributed by atoms with Gasteiger partial charge in [0.15, 0.2) is 11.5 Å². The van der Waals surface area contributed by atoms with Crippen LogP contribution < -0.4 is 14.8 Å². The van der Waals surface area contributed by atoms with Crippen molar-refractivity contribution in [2.75, 3.05) is 14.2 Å². The zero-order valence-electron chi connectivity index (χ0n) is 11.6. The third-order valence-corrected chi connectivity index (χ3v) is 2.72. The van der Waals surface area contributed by atoms with E-state index in [2.05, 4.69) is 10.3 Å². The lowest BCUT2D eigenvalue weighted by Gasteiger charge is -2.09. The Morgan fingerprint density at radius 1 is 1.30 bits per heavy atom. The fraction of sp³-hybridized carbons (Fsp3) is 0.286. The van der Waals surface area contributed by atoms with Gasteiger partial charge in [-0.05, 0) is 24.6 Å². The van der Waals surface area contributed by atoms with Crippen LogP contribution in [0.1, 0.15) is 22.0 Å². The molecule has 1 N–H and O–H groups in total. The molecule has 0 saturated heterocycles. The van der Waals surface area contributed by atoms with Gasteiger partial charge in [0.2, 0.25) is 0 Å². The van der Waals surface area contributed by atoms with E-state index in [1.807, 2.05) is 6.07 Å². The second kappa shape index (κ2) is 6.10. The van der Waals surface area contributed by atoms with Gasteiger partial charge in [-0.2, -0.15) is 0 Å². The minimum Gasteiger partial charge on any atom is -0.493 e. The van der Waals surface area contributed by atoms with Gasteiger partial charge >= 0.3 is 5.91 Å². The summed E-state index contributed by atoms with van der Waals surface area (Å²) < 4.78 is 15.5. The second-order valence-electron chi connectivity index (χ2n) is 4.15. The van der Waals surface area contributed by atoms with E-state index in [0.717, 1.165) is 5.56 Å². The van der Waals surface area contributed by atoms with Crippen LogP contribution in [0.5, 0.6) is 11.5 Å². The summed E-state index contributed by atoms with van der Waals surface area (Å²) in [6, 6.07) is 5.44. The van der Waals surface area contributed by atoms with E-state index in [-0.39, 0.29) is 11.8 Å². The number of ether oxygens (including phenoxy) is 2. The van der Waals surface area contributed by atoms with Gasteiger partial charge in [-0.25, -0.2) is 4.98 Å². The molecule has 0 aliphatic rings. The lowest BCUT2D eigenvalue weighted by atomic mass is 10.2. The molecule has 0 saturated carbocycles. The van der Waals surface area contributed by atoms with E-state index in [9.17, 15) is 4.79 Å². The van der Waals surface area contributed by atoms with E-state index in [0.29, 0.717) is 23.8 Å². The zero-order chi connectivity index (χ0) is 14.5. The largest absolute Gasteiger partial charge is 0.493 e. The molecule has 0 spiro atoms. The monoisotopic (exact) mass is 276 g/mol. The Labute approximate surface area is 116 Å². The van der Waals surface area contributed by atoms with Crippen molar-refractivity contribution in [3.63, 3.8) is 0 Å². The third kappa shape index (κ3) is 3.09. The summed E-state index contributed by atoms with van der Waals surface area (Å²) in [6.45, 7) is 2.08. The number of benzene rings is 1. The first-order valence-corrected chi connectivity index (χ1v) is 6.05. The number of methoxy groups -OCH3 is 2. The Bertz CT molecular complexity index is 607. The van der Waals surface area contributed by atoms with Gasteiger partial charge in [0.25, 0.3) is 5.89 Å². The number of rotatable bonds is 5. The molecule has 0 aliphatic carbocycles. The van der Waals surface area contributed by atoms with Gasteiger partial charge in [0.05, 0.1) is 20.4 Å². The van der Waals surface area contributed by atoms with Gasteiger partial charge in [0, 0.05) is 6.54 Å². The molecule has 2 rings (SSSR count). The highest BCUT2D eigenvalue weighted by Crippen LogP contribution is 2.27. The number of amides is 1. The maximum atomic E-state index is 11.8. The van der Waals surface area contributed by atoms with Crippen molar-refractivity contribution in [3.05, 3.63) is 41.6 Å². The molecule has 2 aromatic rings. The molecule has 0 fully saturated rings. The summed E-state index contributed by atoms with van der Waals surface area (Å²) in [5.74, 6) is 1.56. The van der Waals surface area contributed by atoms with Crippen LogP contribution in [-0.2, 0) is 6.54 Å². The van der Waals surface area contributed by atoms with E-state index in [1.165, 1.54) is 6.20 Å². The Morgan fingerprint density at radius 3 is 2.65 bits per heavy atom. The minimum absolute atomic E-state index is 0.0583. The molecule has 1 heterocycles. The lowest BCUT2D eigenvalue weighted by Crippen LogP contribution is -2.23. The normalized spacial score (nSPS) is 10.2. The Morgan fingerprint density at radius 2 is 2.05 bits per heavy atom. The molecule has 0 atom stereocenters. The third-order valence-electron chi connectivity index (χ3n) is 2.72. The zero-order valence-corrected chi connectivity index (χ0v) is 11.6. The number of carbonyl (C=O) groups excluding carboxylic acids is 1. The van der Waals surface area contributed by atoms with Crippen LogP contribution in [0.2, 0.25) is 0 Å². The lowest BCUT2D eigenvalue weighted by molar-refractivity contribution is 0.0915. The molecule has 106 valence electrons. The average Bonchev–Trinajstić information content (AvgIpc) is 2.91. The van der Waals surface area contributed by atoms with Crippen molar-refractivity contribution in [1.82, 2.24) is 10.3 Å². The fourth-order valence-electron chi connectivity index (χ4n) is 1.71. The number of oxazole rings is 1. The number of hydrogen-bond acceptors (Lipinski definition) is 5. The average molecular weight is 276 g/mol. The maximum absolute atomic E-state index is 11.8.